The lowest BCUT2D eigenvalue weighted by atomic mass is 10.4. The predicted octanol–water partition coefficient (Wildman–Crippen LogP) is 1.83. The Hall–Kier alpha value is -0.810. The van der Waals surface area contributed by atoms with E-state index in [1.165, 1.54) is 0 Å². The molecule has 90 valence electrons. The number of nitrogens with one attached hydrogen (secondary N) is 1. The van der Waals surface area contributed by atoms with Gasteiger partial charge in [0.1, 0.15) is 11.6 Å². The molecular weight excluding hydrogens is 222 g/mol. The SMILES string of the molecule is CCCNc1cc(C)nc(CSCCO)n1. The minimum absolute atomic E-state index is 0.206. The van der Waals surface area contributed by atoms with Crippen LogP contribution in [-0.4, -0.2) is 34.0 Å². The van der Waals surface area contributed by atoms with Crippen LogP contribution in [0.1, 0.15) is 24.9 Å². The molecule has 0 aliphatic heterocycles. The second-order valence-electron chi connectivity index (χ2n) is 3.51. The van der Waals surface area contributed by atoms with Gasteiger partial charge in [0, 0.05) is 24.1 Å². The maximum absolute atomic E-state index is 8.70. The molecule has 0 spiro atoms. The van der Waals surface area contributed by atoms with Crippen molar-refractivity contribution in [1.29, 1.82) is 0 Å². The molecule has 0 amide bonds. The highest BCUT2D eigenvalue weighted by molar-refractivity contribution is 7.98. The molecule has 0 aliphatic carbocycles. The Morgan fingerprint density at radius 1 is 1.44 bits per heavy atom. The van der Waals surface area contributed by atoms with E-state index < -0.39 is 0 Å². The summed E-state index contributed by atoms with van der Waals surface area (Å²) in [7, 11) is 0. The second-order valence-corrected chi connectivity index (χ2v) is 4.62. The summed E-state index contributed by atoms with van der Waals surface area (Å²) in [5.41, 5.74) is 0.980. The first-order valence-corrected chi connectivity index (χ1v) is 6.68. The van der Waals surface area contributed by atoms with Gasteiger partial charge >= 0.3 is 0 Å². The van der Waals surface area contributed by atoms with Gasteiger partial charge < -0.3 is 10.4 Å². The van der Waals surface area contributed by atoms with E-state index in [0.29, 0.717) is 0 Å². The Morgan fingerprint density at radius 2 is 2.25 bits per heavy atom. The highest BCUT2D eigenvalue weighted by Crippen LogP contribution is 2.12. The number of aryl methyl sites for hydroxylation is 1. The summed E-state index contributed by atoms with van der Waals surface area (Å²) in [6, 6.07) is 1.95. The number of hydrogen-bond donors (Lipinski definition) is 2. The number of thioether (sulfide) groups is 1. The zero-order valence-electron chi connectivity index (χ0n) is 9.86. The molecule has 0 aromatic carbocycles. The number of aromatic nitrogens is 2. The molecule has 0 bridgehead atoms. The van der Waals surface area contributed by atoms with Crippen LogP contribution in [0.3, 0.4) is 0 Å². The van der Waals surface area contributed by atoms with Gasteiger partial charge in [-0.15, -0.1) is 0 Å². The van der Waals surface area contributed by atoms with E-state index in [2.05, 4.69) is 22.2 Å². The number of hydrogen-bond acceptors (Lipinski definition) is 5. The summed E-state index contributed by atoms with van der Waals surface area (Å²) in [5, 5.41) is 12.0. The molecule has 2 N–H and O–H groups in total. The van der Waals surface area contributed by atoms with Crippen molar-refractivity contribution < 1.29 is 5.11 Å². The van der Waals surface area contributed by atoms with Gasteiger partial charge in [-0.1, -0.05) is 6.92 Å². The second kappa shape index (κ2) is 7.46. The van der Waals surface area contributed by atoms with E-state index in [1.54, 1.807) is 11.8 Å². The Balaban J connectivity index is 2.58. The summed E-state index contributed by atoms with van der Waals surface area (Å²) in [6.45, 7) is 5.23. The van der Waals surface area contributed by atoms with Gasteiger partial charge in [-0.25, -0.2) is 9.97 Å². The molecule has 0 unspecified atom stereocenters. The van der Waals surface area contributed by atoms with E-state index in [-0.39, 0.29) is 6.61 Å². The van der Waals surface area contributed by atoms with Crippen molar-refractivity contribution in [2.75, 3.05) is 24.2 Å². The van der Waals surface area contributed by atoms with Crippen LogP contribution in [0.15, 0.2) is 6.07 Å². The zero-order chi connectivity index (χ0) is 11.8. The van der Waals surface area contributed by atoms with Crippen molar-refractivity contribution in [2.24, 2.45) is 0 Å². The monoisotopic (exact) mass is 241 g/mol. The Kier molecular flexibility index (Phi) is 6.18. The number of aliphatic hydroxyl groups is 1. The molecule has 1 heterocycles. The molecule has 0 saturated heterocycles. The van der Waals surface area contributed by atoms with Crippen LogP contribution in [0.4, 0.5) is 5.82 Å². The third-order valence-corrected chi connectivity index (χ3v) is 2.86. The molecule has 0 saturated carbocycles. The fourth-order valence-corrected chi connectivity index (χ4v) is 1.85. The van der Waals surface area contributed by atoms with Gasteiger partial charge in [-0.3, -0.25) is 0 Å². The molecule has 16 heavy (non-hydrogen) atoms. The topological polar surface area (TPSA) is 58.0 Å². The van der Waals surface area contributed by atoms with Crippen molar-refractivity contribution in [1.82, 2.24) is 9.97 Å². The van der Waals surface area contributed by atoms with E-state index in [4.69, 9.17) is 5.11 Å². The third kappa shape index (κ3) is 4.81. The van der Waals surface area contributed by atoms with Gasteiger partial charge in [0.05, 0.1) is 12.4 Å². The first kappa shape index (κ1) is 13.3. The largest absolute Gasteiger partial charge is 0.396 e. The lowest BCUT2D eigenvalue weighted by Crippen LogP contribution is -2.05. The molecule has 0 aliphatic rings. The minimum Gasteiger partial charge on any atom is -0.396 e. The Bertz CT molecular complexity index is 320. The lowest BCUT2D eigenvalue weighted by Gasteiger charge is -2.07. The molecule has 1 rings (SSSR count). The lowest BCUT2D eigenvalue weighted by molar-refractivity contribution is 0.322. The molecule has 0 radical (unpaired) electrons. The molecule has 5 heteroatoms. The molecule has 0 fully saturated rings. The maximum Gasteiger partial charge on any atom is 0.140 e. The number of rotatable bonds is 7. The predicted molar refractivity (Wildman–Crippen MR) is 68.8 cm³/mol. The van der Waals surface area contributed by atoms with Crippen LogP contribution in [0.5, 0.6) is 0 Å². The van der Waals surface area contributed by atoms with E-state index >= 15 is 0 Å². The number of nitrogens with zero attached hydrogens (tertiary/aromatic N) is 2. The van der Waals surface area contributed by atoms with E-state index in [9.17, 15) is 0 Å². The third-order valence-electron chi connectivity index (χ3n) is 1.92. The van der Waals surface area contributed by atoms with Gasteiger partial charge in [0.25, 0.3) is 0 Å². The van der Waals surface area contributed by atoms with Crippen LogP contribution in [0, 0.1) is 6.92 Å². The summed E-state index contributed by atoms with van der Waals surface area (Å²) in [6.07, 6.45) is 1.08. The summed E-state index contributed by atoms with van der Waals surface area (Å²) < 4.78 is 0. The highest BCUT2D eigenvalue weighted by atomic mass is 32.2. The summed E-state index contributed by atoms with van der Waals surface area (Å²) >= 11 is 1.64. The average molecular weight is 241 g/mol. The Labute approximate surface area is 101 Å². The first-order chi connectivity index (χ1) is 7.76. The van der Waals surface area contributed by atoms with Crippen LogP contribution < -0.4 is 5.32 Å². The summed E-state index contributed by atoms with van der Waals surface area (Å²) in [5.74, 6) is 3.21. The number of aliphatic hydroxyl groups excluding tert-OH is 1. The molecule has 0 atom stereocenters. The highest BCUT2D eigenvalue weighted by Gasteiger charge is 2.01. The molecule has 1 aromatic rings. The first-order valence-electron chi connectivity index (χ1n) is 5.53. The number of anilines is 1. The van der Waals surface area contributed by atoms with Crippen LogP contribution in [-0.2, 0) is 5.75 Å². The fourth-order valence-electron chi connectivity index (χ4n) is 1.27. The van der Waals surface area contributed by atoms with Crippen LogP contribution in [0.2, 0.25) is 0 Å². The van der Waals surface area contributed by atoms with Crippen LogP contribution in [0.25, 0.3) is 0 Å². The van der Waals surface area contributed by atoms with Crippen molar-refractivity contribution >= 4 is 17.6 Å². The van der Waals surface area contributed by atoms with Gasteiger partial charge in [0.15, 0.2) is 0 Å². The van der Waals surface area contributed by atoms with Crippen molar-refractivity contribution in [3.63, 3.8) is 0 Å². The van der Waals surface area contributed by atoms with Crippen molar-refractivity contribution in [3.05, 3.63) is 17.6 Å². The molecule has 1 aromatic heterocycles. The maximum atomic E-state index is 8.70. The van der Waals surface area contributed by atoms with Crippen molar-refractivity contribution in [3.8, 4) is 0 Å². The van der Waals surface area contributed by atoms with Gasteiger partial charge in [-0.2, -0.15) is 11.8 Å². The smallest absolute Gasteiger partial charge is 0.140 e. The van der Waals surface area contributed by atoms with E-state index in [1.807, 2.05) is 13.0 Å². The molecule has 4 nitrogen and oxygen atoms in total. The van der Waals surface area contributed by atoms with E-state index in [0.717, 1.165) is 41.8 Å². The minimum atomic E-state index is 0.206. The molecular formula is C11H19N3OS. The standard InChI is InChI=1S/C11H19N3OS/c1-3-4-12-10-7-9(2)13-11(14-10)8-16-6-5-15/h7,15H,3-6,8H2,1-2H3,(H,12,13,14). The quantitative estimate of drug-likeness (QED) is 0.713. The van der Waals surface area contributed by atoms with Crippen molar-refractivity contribution in [2.45, 2.75) is 26.0 Å². The Morgan fingerprint density at radius 3 is 2.94 bits per heavy atom. The zero-order valence-corrected chi connectivity index (χ0v) is 10.7. The average Bonchev–Trinajstić information content (AvgIpc) is 2.26. The normalized spacial score (nSPS) is 10.4. The summed E-state index contributed by atoms with van der Waals surface area (Å²) in [4.78, 5) is 8.78. The van der Waals surface area contributed by atoms with Crippen LogP contribution >= 0.6 is 11.8 Å². The van der Waals surface area contributed by atoms with Gasteiger partial charge in [0.2, 0.25) is 0 Å². The fraction of sp³-hybridized carbons (Fsp3) is 0.636. The van der Waals surface area contributed by atoms with Gasteiger partial charge in [-0.05, 0) is 13.3 Å².